The predicted molar refractivity (Wildman–Crippen MR) is 383 cm³/mol. The number of ether oxygens (including phenoxy) is 4. The number of nitrogens with zero attached hydrogens (tertiary/aromatic N) is 3. The van der Waals surface area contributed by atoms with E-state index in [0.29, 0.717) is 24.8 Å². The van der Waals surface area contributed by atoms with Crippen molar-refractivity contribution in [2.24, 2.45) is 34.3 Å². The SMILES string of the molecule is CC[C@H](C)[C@H](NC(=O)[C@@H](N)C(C)C)C(=O)N[C@H](C(=O)N[C@@H](C)C(=O)N[C@@H](Cc1ccccc1)C(=O)N[C@H](C(=O)N[C@@H](CCC(=O)O)C(=O)NCC(=O)N[C@@H](CC(C)C)C(=O)N[C@@H](CCCCN)C(=O)O)[C@@H](C)O[C@H]1O[C@H](CO)[C@H](O)[C@H](O[C@@H]2O[C@H](CO)[C@H](O)[C@H](O)[C@H]2O)[C@H]1NC(=O)c1ccccc1N=[N+]=[N-])[C@@H](C)O. The molecule has 608 valence electrons. The number of hydrogen-bond donors (Lipinski definition) is 21. The van der Waals surface area contributed by atoms with Gasteiger partial charge in [0.25, 0.3) is 5.91 Å². The van der Waals surface area contributed by atoms with Crippen molar-refractivity contribution in [1.29, 1.82) is 0 Å². The highest BCUT2D eigenvalue weighted by atomic mass is 16.7. The number of rotatable bonds is 44. The van der Waals surface area contributed by atoms with E-state index in [9.17, 15) is 99.4 Å². The van der Waals surface area contributed by atoms with Gasteiger partial charge >= 0.3 is 11.9 Å². The monoisotopic (exact) mass is 1550 g/mol. The number of carboxylic acids is 2. The minimum atomic E-state index is -2.25. The van der Waals surface area contributed by atoms with Crippen molar-refractivity contribution >= 4 is 76.7 Å². The molecule has 2 aromatic carbocycles. The van der Waals surface area contributed by atoms with Gasteiger partial charge in [0.05, 0.1) is 43.7 Å². The van der Waals surface area contributed by atoms with Gasteiger partial charge in [0.2, 0.25) is 53.2 Å². The Hall–Kier alpha value is -9.13. The van der Waals surface area contributed by atoms with E-state index in [-0.39, 0.29) is 42.5 Å². The second-order valence-corrected chi connectivity index (χ2v) is 27.5. The van der Waals surface area contributed by atoms with E-state index in [1.54, 1.807) is 59.7 Å². The number of carboxylic acid groups (broad SMARTS) is 2. The molecule has 40 nitrogen and oxygen atoms in total. The normalized spacial score (nSPS) is 23.1. The molecule has 2 aromatic rings. The highest BCUT2D eigenvalue weighted by molar-refractivity contribution is 6.00. The van der Waals surface area contributed by atoms with Crippen molar-refractivity contribution < 1.29 is 122 Å². The first kappa shape index (κ1) is 92.3. The molecule has 2 aliphatic rings. The zero-order valence-electron chi connectivity index (χ0n) is 62.1. The molecular weight excluding hydrogens is 1440 g/mol. The van der Waals surface area contributed by atoms with Crippen LogP contribution in [0.3, 0.4) is 0 Å². The molecule has 23 N–H and O–H groups in total. The Bertz CT molecular complexity index is 3430. The topological polar surface area (TPSA) is 645 Å². The lowest BCUT2D eigenvalue weighted by Gasteiger charge is -2.48. The maximum atomic E-state index is 15.4. The number of hydrogen-bond acceptors (Lipinski definition) is 26. The van der Waals surface area contributed by atoms with Crippen molar-refractivity contribution in [3.8, 4) is 0 Å². The van der Waals surface area contributed by atoms with E-state index in [2.05, 4.69) is 63.2 Å². The van der Waals surface area contributed by atoms with Gasteiger partial charge in [-0.25, -0.2) is 4.79 Å². The molecule has 0 aliphatic carbocycles. The summed E-state index contributed by atoms with van der Waals surface area (Å²) in [5.41, 5.74) is 20.8. The minimum Gasteiger partial charge on any atom is -0.481 e. The highest BCUT2D eigenvalue weighted by Crippen LogP contribution is 2.32. The molecule has 2 heterocycles. The number of amides is 10. The molecule has 4 rings (SSSR count). The molecular formula is C69H107N15O25. The number of benzene rings is 2. The van der Waals surface area contributed by atoms with Crippen LogP contribution in [0.4, 0.5) is 5.69 Å². The minimum absolute atomic E-state index is 0.000538. The van der Waals surface area contributed by atoms with Crippen LogP contribution in [0.15, 0.2) is 59.7 Å². The number of nitrogens with one attached hydrogen (secondary N) is 10. The number of carbonyl (C=O) groups excluding carboxylic acids is 10. The van der Waals surface area contributed by atoms with Crippen molar-refractivity contribution in [2.45, 2.75) is 242 Å². The maximum Gasteiger partial charge on any atom is 0.326 e. The van der Waals surface area contributed by atoms with Gasteiger partial charge in [0.1, 0.15) is 97.1 Å². The summed E-state index contributed by atoms with van der Waals surface area (Å²) >= 11 is 0. The molecule has 0 unspecified atom stereocenters. The molecule has 0 saturated carbocycles. The summed E-state index contributed by atoms with van der Waals surface area (Å²) in [6, 6.07) is -3.43. The fourth-order valence-corrected chi connectivity index (χ4v) is 11.5. The van der Waals surface area contributed by atoms with Crippen molar-refractivity contribution in [2.75, 3.05) is 26.3 Å². The first-order chi connectivity index (χ1) is 51.4. The third kappa shape index (κ3) is 28.0. The standard InChI is InChI=1S/C69H107N15O25/c1-10-33(6)49(79-63(100)48(71)32(4)5)64(101)80-50(35(8)87)65(102)74-34(7)58(95)78-43(27-37-18-12-11-13-19-37)62(99)81-51(66(103)76-40(23-24-47(89)90)60(97)73-28-46(88)75-42(26-31(2)3)61(98)77-41(67(104)105)22-16-17-25-70)36(9)106-68-52(82-59(96)38-20-14-15-21-39(38)83-84-72)57(54(92)45(30-86)107-68)109-69-56(94)55(93)53(91)44(29-85)108-69/h11-15,18-21,31-36,40-45,48-57,68-69,85-87,91-94H,10,16-17,22-30,70-71H2,1-9H3,(H,73,97)(H,74,102)(H,75,88)(H,76,103)(H,77,98)(H,78,95)(H,79,100)(H,80,101)(H,81,99)(H,82,96)(H,89,90)(H,104,105)/t33-,34-,35+,36+,40-,41-,42-,43-,44+,45+,48-,49-,50-,51-,52+,53-,54-,55-,56+,57+,68-,69-/m0/s1. The van der Waals surface area contributed by atoms with Gasteiger partial charge in [-0.2, -0.15) is 0 Å². The Morgan fingerprint density at radius 2 is 1.18 bits per heavy atom. The molecule has 0 spiro atoms. The molecule has 10 amide bonds. The van der Waals surface area contributed by atoms with E-state index < -0.39 is 244 Å². The molecule has 22 atom stereocenters. The summed E-state index contributed by atoms with van der Waals surface area (Å²) in [5.74, 6) is -14.8. The third-order valence-corrected chi connectivity index (χ3v) is 18.2. The summed E-state index contributed by atoms with van der Waals surface area (Å²) < 4.78 is 24.1. The zero-order valence-corrected chi connectivity index (χ0v) is 62.1. The predicted octanol–water partition coefficient (Wildman–Crippen LogP) is -4.81. The summed E-state index contributed by atoms with van der Waals surface area (Å²) in [4.78, 5) is 169. The first-order valence-electron chi connectivity index (χ1n) is 35.8. The average molecular weight is 1550 g/mol. The Balaban J connectivity index is 1.86. The molecule has 2 fully saturated rings. The molecule has 0 aromatic heterocycles. The second-order valence-electron chi connectivity index (χ2n) is 27.5. The van der Waals surface area contributed by atoms with E-state index in [4.69, 9.17) is 30.4 Å². The van der Waals surface area contributed by atoms with Crippen LogP contribution in [0, 0.1) is 17.8 Å². The van der Waals surface area contributed by atoms with Crippen molar-refractivity contribution in [3.63, 3.8) is 0 Å². The van der Waals surface area contributed by atoms with Gasteiger partial charge in [0, 0.05) is 23.3 Å². The van der Waals surface area contributed by atoms with Crippen LogP contribution < -0.4 is 64.6 Å². The fraction of sp³-hybridized carbons (Fsp3) is 0.652. The lowest BCUT2D eigenvalue weighted by Crippen LogP contribution is -2.69. The molecule has 0 bridgehead atoms. The van der Waals surface area contributed by atoms with Crippen LogP contribution in [0.5, 0.6) is 0 Å². The van der Waals surface area contributed by atoms with Gasteiger partial charge in [-0.3, -0.25) is 52.7 Å². The van der Waals surface area contributed by atoms with E-state index in [1.807, 2.05) is 0 Å². The first-order valence-corrected chi connectivity index (χ1v) is 35.8. The number of carbonyl (C=O) groups is 12. The summed E-state index contributed by atoms with van der Waals surface area (Å²) in [7, 11) is 0. The largest absolute Gasteiger partial charge is 0.481 e. The lowest BCUT2D eigenvalue weighted by atomic mass is 9.94. The Kier molecular flexibility index (Phi) is 38.2. The third-order valence-electron chi connectivity index (χ3n) is 18.2. The second kappa shape index (κ2) is 45.1. The molecule has 0 radical (unpaired) electrons. The molecule has 2 aliphatic heterocycles. The van der Waals surface area contributed by atoms with Crippen LogP contribution in [-0.4, -0.2) is 271 Å². The number of nitrogens with two attached hydrogens (primary N) is 2. The van der Waals surface area contributed by atoms with Crippen molar-refractivity contribution in [1.82, 2.24) is 53.2 Å². The van der Waals surface area contributed by atoms with Crippen molar-refractivity contribution in [3.05, 3.63) is 76.2 Å². The van der Waals surface area contributed by atoms with E-state index >= 15 is 9.59 Å². The van der Waals surface area contributed by atoms with Crippen LogP contribution in [0.25, 0.3) is 10.4 Å². The summed E-state index contributed by atoms with van der Waals surface area (Å²) in [5, 5.41) is 124. The summed E-state index contributed by atoms with van der Waals surface area (Å²) in [6.07, 6.45) is -22.7. The molecule has 109 heavy (non-hydrogen) atoms. The number of aliphatic hydroxyl groups is 7. The van der Waals surface area contributed by atoms with Gasteiger partial charge in [0.15, 0.2) is 12.6 Å². The van der Waals surface area contributed by atoms with Crippen LogP contribution in [0.1, 0.15) is 123 Å². The summed E-state index contributed by atoms with van der Waals surface area (Å²) in [6.45, 7) is 10.8. The quantitative estimate of drug-likeness (QED) is 0.0128. The number of unbranched alkanes of at least 4 members (excludes halogenated alkanes) is 1. The number of aliphatic carboxylic acids is 2. The Morgan fingerprint density at radius 3 is 1.77 bits per heavy atom. The fourth-order valence-electron chi connectivity index (χ4n) is 11.5. The van der Waals surface area contributed by atoms with Gasteiger partial charge in [-0.1, -0.05) is 102 Å². The number of azide groups is 1. The smallest absolute Gasteiger partial charge is 0.326 e. The Morgan fingerprint density at radius 1 is 0.615 bits per heavy atom. The van der Waals surface area contributed by atoms with Crippen LogP contribution in [-0.2, 0) is 78.1 Å². The maximum absolute atomic E-state index is 15.4. The van der Waals surface area contributed by atoms with Gasteiger partial charge in [-0.15, -0.1) is 0 Å². The average Bonchev–Trinajstić information content (AvgIpc) is 0.775. The molecule has 40 heteroatoms. The number of aliphatic hydroxyl groups excluding tert-OH is 7. The Labute approximate surface area is 628 Å². The van der Waals surface area contributed by atoms with Gasteiger partial charge < -0.3 is 130 Å². The van der Waals surface area contributed by atoms with E-state index in [1.165, 1.54) is 43.3 Å². The van der Waals surface area contributed by atoms with Crippen LogP contribution in [0.2, 0.25) is 0 Å². The van der Waals surface area contributed by atoms with Crippen LogP contribution >= 0.6 is 0 Å². The zero-order chi connectivity index (χ0) is 81.7. The van der Waals surface area contributed by atoms with E-state index in [0.717, 1.165) is 13.8 Å². The highest BCUT2D eigenvalue weighted by Gasteiger charge is 2.53. The molecule has 2 saturated heterocycles. The lowest BCUT2D eigenvalue weighted by molar-refractivity contribution is -0.347. The van der Waals surface area contributed by atoms with Gasteiger partial charge in [-0.05, 0) is 94.3 Å².